The summed E-state index contributed by atoms with van der Waals surface area (Å²) in [5, 5.41) is 3.28. The van der Waals surface area contributed by atoms with Gasteiger partial charge >= 0.3 is 0 Å². The van der Waals surface area contributed by atoms with Crippen LogP contribution >= 0.6 is 11.3 Å². The first kappa shape index (κ1) is 20.5. The minimum Gasteiger partial charge on any atom is -0.368 e. The molecule has 1 atom stereocenters. The lowest BCUT2D eigenvalue weighted by atomic mass is 9.94. The van der Waals surface area contributed by atoms with Gasteiger partial charge in [-0.2, -0.15) is 0 Å². The van der Waals surface area contributed by atoms with Crippen LogP contribution in [0.4, 0.5) is 11.4 Å². The van der Waals surface area contributed by atoms with Gasteiger partial charge in [0.25, 0.3) is 5.91 Å². The molecule has 6 rings (SSSR count). The van der Waals surface area contributed by atoms with E-state index in [9.17, 15) is 4.79 Å². The second-order valence-electron chi connectivity index (χ2n) is 8.98. The van der Waals surface area contributed by atoms with Crippen LogP contribution in [0.3, 0.4) is 0 Å². The molecule has 4 heterocycles. The first-order valence-electron chi connectivity index (χ1n) is 11.8. The molecule has 0 aliphatic carbocycles. The Morgan fingerprint density at radius 1 is 0.939 bits per heavy atom. The minimum absolute atomic E-state index is 0.139. The molecular formula is C27H28N4OS. The molecule has 6 heteroatoms. The Balaban J connectivity index is 1.19. The molecule has 2 aromatic carbocycles. The molecule has 168 valence electrons. The number of amides is 1. The minimum atomic E-state index is 0.139. The van der Waals surface area contributed by atoms with Crippen LogP contribution in [-0.4, -0.2) is 54.6 Å². The van der Waals surface area contributed by atoms with Crippen molar-refractivity contribution in [3.05, 3.63) is 82.7 Å². The van der Waals surface area contributed by atoms with Gasteiger partial charge in [-0.3, -0.25) is 9.69 Å². The number of thiophene rings is 1. The zero-order valence-electron chi connectivity index (χ0n) is 18.6. The summed E-state index contributed by atoms with van der Waals surface area (Å²) in [5.41, 5.74) is 4.88. The van der Waals surface area contributed by atoms with Gasteiger partial charge in [-0.1, -0.05) is 30.3 Å². The number of para-hydroxylation sites is 1. The van der Waals surface area contributed by atoms with Gasteiger partial charge in [-0.05, 0) is 54.1 Å². The topological polar surface area (TPSA) is 42.6 Å². The zero-order chi connectivity index (χ0) is 22.2. The molecule has 2 aliphatic heterocycles. The average molecular weight is 457 g/mol. The quantitative estimate of drug-likeness (QED) is 0.469. The third kappa shape index (κ3) is 3.83. The highest BCUT2D eigenvalue weighted by molar-refractivity contribution is 7.12. The highest BCUT2D eigenvalue weighted by atomic mass is 32.1. The second-order valence-corrected chi connectivity index (χ2v) is 9.93. The van der Waals surface area contributed by atoms with E-state index >= 15 is 0 Å². The van der Waals surface area contributed by atoms with Gasteiger partial charge in [0, 0.05) is 61.2 Å². The number of hydrogen-bond acceptors (Lipinski definition) is 4. The van der Waals surface area contributed by atoms with Gasteiger partial charge in [0.1, 0.15) is 0 Å². The van der Waals surface area contributed by atoms with E-state index in [1.54, 1.807) is 0 Å². The van der Waals surface area contributed by atoms with Crippen molar-refractivity contribution in [2.24, 2.45) is 0 Å². The van der Waals surface area contributed by atoms with Gasteiger partial charge in [-0.15, -0.1) is 11.3 Å². The second kappa shape index (κ2) is 8.69. The number of anilines is 2. The number of H-pyrrole nitrogens is 1. The fraction of sp³-hybridized carbons (Fsp3) is 0.296. The summed E-state index contributed by atoms with van der Waals surface area (Å²) < 4.78 is 0. The van der Waals surface area contributed by atoms with Gasteiger partial charge in [-0.25, -0.2) is 0 Å². The van der Waals surface area contributed by atoms with Crippen LogP contribution in [0.2, 0.25) is 0 Å². The molecule has 0 saturated carbocycles. The smallest absolute Gasteiger partial charge is 0.268 e. The zero-order valence-corrected chi connectivity index (χ0v) is 19.4. The summed E-state index contributed by atoms with van der Waals surface area (Å²) in [6.07, 6.45) is 4.06. The van der Waals surface area contributed by atoms with Crippen LogP contribution in [-0.2, 0) is 6.42 Å². The highest BCUT2D eigenvalue weighted by Gasteiger charge is 2.33. The number of rotatable bonds is 4. The summed E-state index contributed by atoms with van der Waals surface area (Å²) in [6.45, 7) is 4.96. The Hall–Kier alpha value is -3.09. The predicted octanol–water partition coefficient (Wildman–Crippen LogP) is 5.01. The fourth-order valence-corrected chi connectivity index (χ4v) is 6.05. The molecule has 4 aromatic rings. The number of carbonyl (C=O) groups is 1. The van der Waals surface area contributed by atoms with Crippen LogP contribution in [0.25, 0.3) is 10.9 Å². The van der Waals surface area contributed by atoms with E-state index in [4.69, 9.17) is 0 Å². The first-order chi connectivity index (χ1) is 16.3. The van der Waals surface area contributed by atoms with Gasteiger partial charge in [0.05, 0.1) is 10.9 Å². The molecular weight excluding hydrogens is 428 g/mol. The van der Waals surface area contributed by atoms with Crippen molar-refractivity contribution >= 4 is 39.5 Å². The largest absolute Gasteiger partial charge is 0.368 e. The molecule has 5 nitrogen and oxygen atoms in total. The number of nitrogens with one attached hydrogen (secondary N) is 1. The lowest BCUT2D eigenvalue weighted by Gasteiger charge is -2.42. The van der Waals surface area contributed by atoms with Crippen molar-refractivity contribution in [3.8, 4) is 0 Å². The standard InChI is InChI=1S/C27H28N4OS/c32-27(26-9-4-18-33-26)31-21(11-10-20-5-1-2-7-24(20)31)19-29-14-16-30(17-15-29)25-8-3-6-23-22(25)12-13-28-23/h1-9,12-13,18,21,28H,10-11,14-17,19H2. The average Bonchev–Trinajstić information content (AvgIpc) is 3.56. The lowest BCUT2D eigenvalue weighted by molar-refractivity contribution is 0.0967. The number of fused-ring (bicyclic) bond motifs is 2. The monoisotopic (exact) mass is 456 g/mol. The number of carbonyl (C=O) groups excluding carboxylic acids is 1. The van der Waals surface area contributed by atoms with Crippen LogP contribution in [0.15, 0.2) is 72.2 Å². The Bertz CT molecular complexity index is 1260. The Labute approximate surface area is 198 Å². The predicted molar refractivity (Wildman–Crippen MR) is 137 cm³/mol. The first-order valence-corrected chi connectivity index (χ1v) is 12.6. The van der Waals surface area contributed by atoms with Gasteiger partial charge in [0.15, 0.2) is 0 Å². The maximum Gasteiger partial charge on any atom is 0.268 e. The molecule has 1 amide bonds. The van der Waals surface area contributed by atoms with Gasteiger partial charge < -0.3 is 14.8 Å². The van der Waals surface area contributed by atoms with E-state index in [1.165, 1.54) is 33.5 Å². The van der Waals surface area contributed by atoms with Crippen LogP contribution in [0.1, 0.15) is 21.7 Å². The van der Waals surface area contributed by atoms with Crippen molar-refractivity contribution in [1.82, 2.24) is 9.88 Å². The number of aryl methyl sites for hydroxylation is 1. The lowest BCUT2D eigenvalue weighted by Crippen LogP contribution is -2.54. The van der Waals surface area contributed by atoms with E-state index < -0.39 is 0 Å². The van der Waals surface area contributed by atoms with E-state index in [-0.39, 0.29) is 11.9 Å². The fourth-order valence-electron chi connectivity index (χ4n) is 5.39. The van der Waals surface area contributed by atoms with Crippen LogP contribution in [0, 0.1) is 0 Å². The Morgan fingerprint density at radius 2 is 1.79 bits per heavy atom. The summed E-state index contributed by atoms with van der Waals surface area (Å²) in [7, 11) is 0. The summed E-state index contributed by atoms with van der Waals surface area (Å²) in [4.78, 5) is 24.8. The SMILES string of the molecule is O=C(c1cccs1)N1c2ccccc2CCC1CN1CCN(c2cccc3[nH]ccc23)CC1. The summed E-state index contributed by atoms with van der Waals surface area (Å²) in [5.74, 6) is 0.139. The third-order valence-corrected chi connectivity index (χ3v) is 7.93. The van der Waals surface area contributed by atoms with Crippen LogP contribution < -0.4 is 9.80 Å². The number of piperazine rings is 1. The normalized spacial score (nSPS) is 19.1. The summed E-state index contributed by atoms with van der Waals surface area (Å²) >= 11 is 1.53. The third-order valence-electron chi connectivity index (χ3n) is 7.07. The van der Waals surface area contributed by atoms with Crippen LogP contribution in [0.5, 0.6) is 0 Å². The molecule has 1 N–H and O–H groups in total. The Morgan fingerprint density at radius 3 is 2.64 bits per heavy atom. The molecule has 0 bridgehead atoms. The molecule has 0 radical (unpaired) electrons. The maximum atomic E-state index is 13.5. The van der Waals surface area contributed by atoms with E-state index in [0.29, 0.717) is 0 Å². The highest BCUT2D eigenvalue weighted by Crippen LogP contribution is 2.33. The number of aromatic amines is 1. The maximum absolute atomic E-state index is 13.5. The molecule has 1 unspecified atom stereocenters. The number of aromatic nitrogens is 1. The van der Waals surface area contributed by atoms with Crippen molar-refractivity contribution in [2.45, 2.75) is 18.9 Å². The molecule has 2 aliphatic rings. The van der Waals surface area contributed by atoms with Crippen molar-refractivity contribution in [3.63, 3.8) is 0 Å². The summed E-state index contributed by atoms with van der Waals surface area (Å²) in [6, 6.07) is 21.2. The Kier molecular flexibility index (Phi) is 5.40. The molecule has 1 fully saturated rings. The van der Waals surface area contributed by atoms with Crippen molar-refractivity contribution in [1.29, 1.82) is 0 Å². The van der Waals surface area contributed by atoms with E-state index in [0.717, 1.165) is 56.1 Å². The number of hydrogen-bond donors (Lipinski definition) is 1. The molecule has 2 aromatic heterocycles. The van der Waals surface area contributed by atoms with E-state index in [2.05, 4.69) is 68.2 Å². The molecule has 0 spiro atoms. The number of nitrogens with zero attached hydrogens (tertiary/aromatic N) is 3. The van der Waals surface area contributed by atoms with Crippen molar-refractivity contribution in [2.75, 3.05) is 42.5 Å². The number of benzene rings is 2. The van der Waals surface area contributed by atoms with E-state index in [1.807, 2.05) is 23.7 Å². The molecule has 33 heavy (non-hydrogen) atoms. The van der Waals surface area contributed by atoms with Gasteiger partial charge in [0.2, 0.25) is 0 Å². The van der Waals surface area contributed by atoms with Crippen molar-refractivity contribution < 1.29 is 4.79 Å². The molecule has 1 saturated heterocycles.